The van der Waals surface area contributed by atoms with Gasteiger partial charge in [-0.05, 0) is 24.3 Å². The molecular formula is C22H20N6O5S3. The highest BCUT2D eigenvalue weighted by molar-refractivity contribution is 7.91. The van der Waals surface area contributed by atoms with E-state index in [1.54, 1.807) is 48.5 Å². The van der Waals surface area contributed by atoms with Crippen molar-refractivity contribution >= 4 is 56.3 Å². The van der Waals surface area contributed by atoms with Gasteiger partial charge in [-0.1, -0.05) is 70.2 Å². The Kier molecular flexibility index (Phi) is 9.15. The molecular weight excluding hydrogens is 524 g/mol. The quantitative estimate of drug-likeness (QED) is 0.281. The molecule has 2 aromatic carbocycles. The maximum Gasteiger partial charge on any atom is 0.418 e. The van der Waals surface area contributed by atoms with Gasteiger partial charge in [-0.3, -0.25) is 10.6 Å². The van der Waals surface area contributed by atoms with Gasteiger partial charge in [-0.15, -0.1) is 20.4 Å². The normalized spacial score (nSPS) is 10.7. The van der Waals surface area contributed by atoms with E-state index in [4.69, 9.17) is 9.47 Å². The number of amides is 2. The van der Waals surface area contributed by atoms with E-state index in [0.717, 1.165) is 0 Å². The zero-order valence-electron chi connectivity index (χ0n) is 18.7. The lowest BCUT2D eigenvalue weighted by Gasteiger charge is -2.08. The van der Waals surface area contributed by atoms with Crippen molar-refractivity contribution in [2.45, 2.75) is 12.8 Å². The van der Waals surface area contributed by atoms with Crippen LogP contribution in [0.3, 0.4) is 0 Å². The summed E-state index contributed by atoms with van der Waals surface area (Å²) < 4.78 is 22.7. The Hall–Kier alpha value is -3.59. The monoisotopic (exact) mass is 544 g/mol. The van der Waals surface area contributed by atoms with Gasteiger partial charge in [-0.2, -0.15) is 0 Å². The molecule has 0 aliphatic rings. The average molecular weight is 545 g/mol. The third-order valence-corrected chi connectivity index (χ3v) is 7.46. The number of carbonyl (C=O) groups is 2. The average Bonchev–Trinajstić information content (AvgIpc) is 3.51. The maximum absolute atomic E-state index is 12.4. The zero-order valence-corrected chi connectivity index (χ0v) is 21.1. The second kappa shape index (κ2) is 12.9. The number of anilines is 2. The Bertz CT molecular complexity index is 1170. The van der Waals surface area contributed by atoms with Crippen molar-refractivity contribution in [3.05, 3.63) is 70.7 Å². The van der Waals surface area contributed by atoms with Crippen molar-refractivity contribution in [1.82, 2.24) is 20.4 Å². The number of carbonyl (C=O) groups excluding carboxylic acids is 2. The number of rotatable bonds is 10. The molecule has 0 aliphatic carbocycles. The van der Waals surface area contributed by atoms with Gasteiger partial charge >= 0.3 is 12.2 Å². The number of aromatic nitrogens is 4. The summed E-state index contributed by atoms with van der Waals surface area (Å²) in [5.74, 6) is 1.61. The summed E-state index contributed by atoms with van der Waals surface area (Å²) in [6.45, 7) is 0. The van der Waals surface area contributed by atoms with Gasteiger partial charge in [0, 0.05) is 12.8 Å². The number of hydrogen-bond acceptors (Lipinski definition) is 11. The molecule has 0 saturated carbocycles. The van der Waals surface area contributed by atoms with Crippen LogP contribution >= 0.6 is 22.7 Å². The number of nitrogens with one attached hydrogen (secondary N) is 2. The van der Waals surface area contributed by atoms with E-state index in [-0.39, 0.29) is 0 Å². The summed E-state index contributed by atoms with van der Waals surface area (Å²) in [5.41, 5.74) is 0. The molecule has 0 saturated heterocycles. The molecule has 11 nitrogen and oxygen atoms in total. The number of benzene rings is 2. The molecule has 0 atom stereocenters. The minimum Gasteiger partial charge on any atom is -0.616 e. The van der Waals surface area contributed by atoms with Crippen LogP contribution in [0.15, 0.2) is 60.7 Å². The molecule has 2 aromatic heterocycles. The second-order valence-corrected chi connectivity index (χ2v) is 10.8. The first-order valence-electron chi connectivity index (χ1n) is 10.6. The van der Waals surface area contributed by atoms with Crippen LogP contribution < -0.4 is 20.1 Å². The Morgan fingerprint density at radius 3 is 1.56 bits per heavy atom. The SMILES string of the molecule is O=C(Nc1nnc(CC[S+]([O-])CCc2nnc(NC(=O)Oc3ccccc3)s2)s1)Oc1ccccc1. The van der Waals surface area contributed by atoms with Crippen LogP contribution in [-0.2, 0) is 24.0 Å². The first kappa shape index (κ1) is 25.5. The molecule has 4 aromatic rings. The van der Waals surface area contributed by atoms with Crippen molar-refractivity contribution in [2.24, 2.45) is 0 Å². The van der Waals surface area contributed by atoms with Crippen molar-refractivity contribution < 1.29 is 23.6 Å². The Morgan fingerprint density at radius 1 is 0.722 bits per heavy atom. The molecule has 186 valence electrons. The molecule has 2 amide bonds. The van der Waals surface area contributed by atoms with Gasteiger partial charge in [0.25, 0.3) is 0 Å². The number of aryl methyl sites for hydroxylation is 2. The highest BCUT2D eigenvalue weighted by atomic mass is 32.2. The molecule has 4 rings (SSSR count). The van der Waals surface area contributed by atoms with E-state index in [2.05, 4.69) is 31.0 Å². The van der Waals surface area contributed by atoms with Gasteiger partial charge in [0.1, 0.15) is 33.0 Å². The van der Waals surface area contributed by atoms with Gasteiger partial charge < -0.3 is 14.0 Å². The standard InChI is InChI=1S/C22H20N6O5S3/c29-21(32-15-7-3-1-4-8-15)23-19-27-25-17(34-19)11-13-36(31)14-12-18-26-28-20(35-18)24-22(30)33-16-9-5-2-6-10-16/h1-10H,11-14H2,(H,23,27,29)(H,24,28,30). The lowest BCUT2D eigenvalue weighted by Crippen LogP contribution is -2.16. The van der Waals surface area contributed by atoms with Crippen LogP contribution in [0, 0.1) is 0 Å². The molecule has 36 heavy (non-hydrogen) atoms. The van der Waals surface area contributed by atoms with Crippen LogP contribution in [0.1, 0.15) is 10.0 Å². The predicted octanol–water partition coefficient (Wildman–Crippen LogP) is 4.15. The lowest BCUT2D eigenvalue weighted by molar-refractivity contribution is 0.214. The molecule has 0 fully saturated rings. The molecule has 0 spiro atoms. The fourth-order valence-electron chi connectivity index (χ4n) is 2.73. The first-order valence-corrected chi connectivity index (χ1v) is 13.7. The van der Waals surface area contributed by atoms with Gasteiger partial charge in [0.15, 0.2) is 0 Å². The highest BCUT2D eigenvalue weighted by Crippen LogP contribution is 2.19. The Labute approximate surface area is 217 Å². The zero-order chi connectivity index (χ0) is 25.2. The maximum atomic E-state index is 12.4. The fraction of sp³-hybridized carbons (Fsp3) is 0.182. The summed E-state index contributed by atoms with van der Waals surface area (Å²) in [6.07, 6.45) is -0.416. The van der Waals surface area contributed by atoms with Crippen LogP contribution in [0.5, 0.6) is 11.5 Å². The summed E-state index contributed by atoms with van der Waals surface area (Å²) in [4.78, 5) is 23.9. The second-order valence-electron chi connectivity index (χ2n) is 7.01. The van der Waals surface area contributed by atoms with Crippen molar-refractivity contribution in [1.29, 1.82) is 0 Å². The Balaban J connectivity index is 1.15. The molecule has 14 heteroatoms. The summed E-state index contributed by atoms with van der Waals surface area (Å²) in [5, 5.41) is 22.8. The highest BCUT2D eigenvalue weighted by Gasteiger charge is 2.15. The third kappa shape index (κ3) is 8.27. The van der Waals surface area contributed by atoms with Crippen molar-refractivity contribution in [3.63, 3.8) is 0 Å². The van der Waals surface area contributed by atoms with Crippen LogP contribution in [-0.4, -0.2) is 48.6 Å². The third-order valence-electron chi connectivity index (χ3n) is 4.35. The van der Waals surface area contributed by atoms with Crippen LogP contribution in [0.4, 0.5) is 19.9 Å². The van der Waals surface area contributed by atoms with Gasteiger partial charge in [-0.25, -0.2) is 9.59 Å². The summed E-state index contributed by atoms with van der Waals surface area (Å²) >= 11 is 1.27. The first-order chi connectivity index (χ1) is 17.5. The largest absolute Gasteiger partial charge is 0.616 e. The van der Waals surface area contributed by atoms with E-state index in [9.17, 15) is 14.1 Å². The van der Waals surface area contributed by atoms with Crippen molar-refractivity contribution in [2.75, 3.05) is 22.1 Å². The summed E-state index contributed by atoms with van der Waals surface area (Å²) in [7, 11) is 0. The van der Waals surface area contributed by atoms with E-state index in [0.29, 0.717) is 56.1 Å². The van der Waals surface area contributed by atoms with E-state index in [1.165, 1.54) is 22.7 Å². The predicted molar refractivity (Wildman–Crippen MR) is 137 cm³/mol. The Morgan fingerprint density at radius 2 is 1.14 bits per heavy atom. The van der Waals surface area contributed by atoms with Gasteiger partial charge in [0.05, 0.1) is 0 Å². The van der Waals surface area contributed by atoms with E-state index < -0.39 is 23.4 Å². The minimum absolute atomic E-state index is 0.302. The van der Waals surface area contributed by atoms with E-state index in [1.807, 2.05) is 12.1 Å². The number of ether oxygens (including phenoxy) is 2. The van der Waals surface area contributed by atoms with Crippen molar-refractivity contribution in [3.8, 4) is 11.5 Å². The lowest BCUT2D eigenvalue weighted by atomic mass is 10.3. The fourth-order valence-corrected chi connectivity index (χ4v) is 5.49. The smallest absolute Gasteiger partial charge is 0.418 e. The number of hydrogen-bond donors (Lipinski definition) is 2. The minimum atomic E-state index is -1.12. The number of nitrogens with zero attached hydrogens (tertiary/aromatic N) is 4. The topological polar surface area (TPSA) is 151 Å². The molecule has 2 N–H and O–H groups in total. The molecule has 0 bridgehead atoms. The van der Waals surface area contributed by atoms with Gasteiger partial charge in [0.2, 0.25) is 10.3 Å². The summed E-state index contributed by atoms with van der Waals surface area (Å²) in [6, 6.07) is 17.3. The molecule has 0 unspecified atom stereocenters. The molecule has 0 radical (unpaired) electrons. The number of para-hydroxylation sites is 2. The molecule has 0 aliphatic heterocycles. The van der Waals surface area contributed by atoms with E-state index >= 15 is 0 Å². The van der Waals surface area contributed by atoms with Crippen LogP contribution in [0.2, 0.25) is 0 Å². The van der Waals surface area contributed by atoms with Crippen LogP contribution in [0.25, 0.3) is 0 Å². The molecule has 2 heterocycles.